The van der Waals surface area contributed by atoms with Crippen molar-refractivity contribution in [2.75, 3.05) is 18.5 Å². The monoisotopic (exact) mass is 389 g/mol. The number of primary amides is 1. The van der Waals surface area contributed by atoms with E-state index >= 15 is 0 Å². The van der Waals surface area contributed by atoms with E-state index in [0.717, 1.165) is 0 Å². The van der Waals surface area contributed by atoms with E-state index in [1.807, 2.05) is 0 Å². The van der Waals surface area contributed by atoms with Gasteiger partial charge in [-0.3, -0.25) is 14.4 Å². The minimum Gasteiger partial charge on any atom is -0.539 e. The first-order valence-electron chi connectivity index (χ1n) is 8.47. The molecule has 1 aromatic carbocycles. The van der Waals surface area contributed by atoms with Crippen LogP contribution < -0.4 is 20.8 Å². The molecule has 1 aliphatic rings. The molecule has 3 rings (SSSR count). The lowest BCUT2D eigenvalue weighted by molar-refractivity contribution is -0.746. The number of morpholine rings is 1. The Balaban J connectivity index is 1.59. The van der Waals surface area contributed by atoms with E-state index in [0.29, 0.717) is 11.3 Å². The molecule has 0 radical (unpaired) electrons. The molecule has 0 spiro atoms. The smallest absolute Gasteiger partial charge is 0.252 e. The van der Waals surface area contributed by atoms with Crippen molar-refractivity contribution < 1.29 is 33.4 Å². The Kier molecular flexibility index (Phi) is 5.54. The van der Waals surface area contributed by atoms with E-state index in [4.69, 9.17) is 10.5 Å². The summed E-state index contributed by atoms with van der Waals surface area (Å²) in [5.41, 5.74) is 6.18. The van der Waals surface area contributed by atoms with Crippen LogP contribution in [0, 0.1) is 0 Å². The Hall–Kier alpha value is -3.47. The van der Waals surface area contributed by atoms with Gasteiger partial charge in [-0.15, -0.1) is 0 Å². The van der Waals surface area contributed by atoms with E-state index in [9.17, 15) is 19.5 Å². The van der Waals surface area contributed by atoms with Crippen molar-refractivity contribution in [2.24, 2.45) is 12.8 Å². The summed E-state index contributed by atoms with van der Waals surface area (Å²) in [4.78, 5) is 37.3. The van der Waals surface area contributed by atoms with Gasteiger partial charge in [-0.25, -0.2) is 0 Å². The molecule has 3 amide bonds. The Morgan fingerprint density at radius 3 is 2.71 bits per heavy atom. The highest BCUT2D eigenvalue weighted by Crippen LogP contribution is 2.17. The van der Waals surface area contributed by atoms with Crippen LogP contribution in [0.4, 0.5) is 5.69 Å². The maximum atomic E-state index is 12.6. The molecule has 11 heteroatoms. The molecule has 148 valence electrons. The lowest BCUT2D eigenvalue weighted by Gasteiger charge is -2.31. The number of nitrogens with zero attached hydrogens (tertiary/aromatic N) is 3. The van der Waals surface area contributed by atoms with Gasteiger partial charge >= 0.3 is 0 Å². The minimum atomic E-state index is -0.959. The number of carbonyl (C=O) groups excluding carboxylic acids is 3. The third kappa shape index (κ3) is 4.26. The number of nitrogens with two attached hydrogens (primary N) is 1. The summed E-state index contributed by atoms with van der Waals surface area (Å²) in [5.74, 6) is -2.00. The van der Waals surface area contributed by atoms with Crippen molar-refractivity contribution in [2.45, 2.75) is 19.1 Å². The zero-order valence-corrected chi connectivity index (χ0v) is 15.1. The number of amides is 3. The van der Waals surface area contributed by atoms with Gasteiger partial charge in [0.05, 0.1) is 18.3 Å². The number of nitrogens with one attached hydrogen (secondary N) is 1. The molecule has 0 aliphatic carbocycles. The van der Waals surface area contributed by atoms with Gasteiger partial charge < -0.3 is 30.3 Å². The van der Waals surface area contributed by atoms with Gasteiger partial charge in [0.2, 0.25) is 11.8 Å². The number of benzene rings is 1. The third-order valence-electron chi connectivity index (χ3n) is 4.30. The molecular weight excluding hydrogens is 370 g/mol. The molecule has 1 atom stereocenters. The van der Waals surface area contributed by atoms with E-state index in [2.05, 4.69) is 15.1 Å². The molecule has 0 saturated carbocycles. The first kappa shape index (κ1) is 19.3. The standard InChI is InChI=1S/C17H19N5O6/c1-21-12(17(26)28-20-21)9-22-6-7-27-13(16(22)25)8-14(23)19-11-4-2-10(3-5-11)15(18)24/h2-5,13H,6-9H2,1H3,(H3-,18,19,20,23,24,26). The molecule has 0 bridgehead atoms. The topological polar surface area (TPSA) is 155 Å². The summed E-state index contributed by atoms with van der Waals surface area (Å²) in [6.45, 7) is 0.546. The number of aryl methyl sites for hydroxylation is 1. The Morgan fingerprint density at radius 1 is 1.39 bits per heavy atom. The van der Waals surface area contributed by atoms with Crippen LogP contribution >= 0.6 is 0 Å². The fraction of sp³-hybridized carbons (Fsp3) is 0.353. The van der Waals surface area contributed by atoms with Gasteiger partial charge in [0, 0.05) is 17.8 Å². The summed E-state index contributed by atoms with van der Waals surface area (Å²) in [5, 5.41) is 17.8. The molecule has 28 heavy (non-hydrogen) atoms. The van der Waals surface area contributed by atoms with Crippen LogP contribution in [-0.4, -0.2) is 47.1 Å². The van der Waals surface area contributed by atoms with Crippen molar-refractivity contribution in [3.63, 3.8) is 0 Å². The highest BCUT2D eigenvalue weighted by atomic mass is 16.6. The second-order valence-corrected chi connectivity index (χ2v) is 6.24. The molecule has 1 aliphatic heterocycles. The molecule has 1 saturated heterocycles. The van der Waals surface area contributed by atoms with Crippen LogP contribution in [0.15, 0.2) is 28.8 Å². The molecule has 1 unspecified atom stereocenters. The summed E-state index contributed by atoms with van der Waals surface area (Å²) in [6.07, 6.45) is -1.15. The third-order valence-corrected chi connectivity index (χ3v) is 4.30. The number of aromatic nitrogens is 2. The summed E-state index contributed by atoms with van der Waals surface area (Å²) >= 11 is 0. The van der Waals surface area contributed by atoms with Crippen LogP contribution in [0.1, 0.15) is 22.5 Å². The lowest BCUT2D eigenvalue weighted by Crippen LogP contribution is -2.50. The maximum Gasteiger partial charge on any atom is 0.252 e. The van der Waals surface area contributed by atoms with Crippen LogP contribution in [0.2, 0.25) is 0 Å². The summed E-state index contributed by atoms with van der Waals surface area (Å²) in [6, 6.07) is 6.05. The fourth-order valence-corrected chi connectivity index (χ4v) is 2.77. The Morgan fingerprint density at radius 2 is 2.11 bits per heavy atom. The maximum absolute atomic E-state index is 12.6. The van der Waals surface area contributed by atoms with E-state index in [1.165, 1.54) is 33.8 Å². The van der Waals surface area contributed by atoms with E-state index in [1.54, 1.807) is 7.05 Å². The fourth-order valence-electron chi connectivity index (χ4n) is 2.77. The number of hydrogen-bond acceptors (Lipinski definition) is 7. The number of carbonyl (C=O) groups is 3. The van der Waals surface area contributed by atoms with Crippen LogP contribution in [0.25, 0.3) is 0 Å². The number of hydrogen-bond donors (Lipinski definition) is 2. The largest absolute Gasteiger partial charge is 0.539 e. The minimum absolute atomic E-state index is 0.0216. The molecule has 2 heterocycles. The highest BCUT2D eigenvalue weighted by Gasteiger charge is 2.33. The first-order chi connectivity index (χ1) is 13.3. The highest BCUT2D eigenvalue weighted by molar-refractivity contribution is 5.96. The first-order valence-corrected chi connectivity index (χ1v) is 8.47. The van der Waals surface area contributed by atoms with Gasteiger partial charge in [0.1, 0.15) is 12.6 Å². The number of ether oxygens (including phenoxy) is 1. The van der Waals surface area contributed by atoms with Crippen molar-refractivity contribution >= 4 is 23.4 Å². The second-order valence-electron chi connectivity index (χ2n) is 6.24. The molecule has 1 aromatic heterocycles. The van der Waals surface area contributed by atoms with Crippen molar-refractivity contribution in [1.29, 1.82) is 0 Å². The van der Waals surface area contributed by atoms with Gasteiger partial charge in [-0.05, 0) is 24.3 Å². The molecule has 1 fully saturated rings. The van der Waals surface area contributed by atoms with Crippen LogP contribution in [0.5, 0.6) is 5.95 Å². The predicted molar refractivity (Wildman–Crippen MR) is 90.5 cm³/mol. The molecule has 3 N–H and O–H groups in total. The van der Waals surface area contributed by atoms with Gasteiger partial charge in [-0.1, -0.05) is 4.68 Å². The zero-order chi connectivity index (χ0) is 20.3. The van der Waals surface area contributed by atoms with E-state index in [-0.39, 0.29) is 31.8 Å². The summed E-state index contributed by atoms with van der Waals surface area (Å²) in [7, 11) is 1.54. The van der Waals surface area contributed by atoms with Crippen molar-refractivity contribution in [1.82, 2.24) is 10.2 Å². The summed E-state index contributed by atoms with van der Waals surface area (Å²) < 4.78 is 11.2. The average molecular weight is 389 g/mol. The molecule has 2 aromatic rings. The molecular formula is C17H19N5O6. The second kappa shape index (κ2) is 8.05. The normalized spacial score (nSPS) is 16.8. The van der Waals surface area contributed by atoms with Gasteiger partial charge in [-0.2, -0.15) is 0 Å². The average Bonchev–Trinajstić information content (AvgIpc) is 2.97. The van der Waals surface area contributed by atoms with Gasteiger partial charge in [0.25, 0.3) is 11.6 Å². The SMILES string of the molecule is C[n+]1noc([O-])c1CN1CCOC(CC(=O)Nc2ccc(C(N)=O)cc2)C1=O. The van der Waals surface area contributed by atoms with Crippen LogP contribution in [0.3, 0.4) is 0 Å². The Labute approximate surface area is 159 Å². The zero-order valence-electron chi connectivity index (χ0n) is 15.1. The predicted octanol–water partition coefficient (Wildman–Crippen LogP) is -1.57. The number of rotatable bonds is 6. The lowest BCUT2D eigenvalue weighted by atomic mass is 10.1. The van der Waals surface area contributed by atoms with Crippen molar-refractivity contribution in [3.8, 4) is 5.95 Å². The quantitative estimate of drug-likeness (QED) is 0.565. The number of anilines is 1. The Bertz CT molecular complexity index is 874. The molecule has 11 nitrogen and oxygen atoms in total. The van der Waals surface area contributed by atoms with Crippen molar-refractivity contribution in [3.05, 3.63) is 35.5 Å². The van der Waals surface area contributed by atoms with Gasteiger partial charge in [0.15, 0.2) is 13.0 Å². The van der Waals surface area contributed by atoms with E-state index < -0.39 is 29.8 Å². The van der Waals surface area contributed by atoms with Crippen LogP contribution in [-0.2, 0) is 27.9 Å².